The molecule has 1 nitrogen and oxygen atoms in total. The van der Waals surface area contributed by atoms with E-state index in [1.807, 2.05) is 61.0 Å². The Labute approximate surface area is 116 Å². The van der Waals surface area contributed by atoms with Gasteiger partial charge >= 0.3 is 0 Å². The molecule has 0 saturated heterocycles. The van der Waals surface area contributed by atoms with E-state index in [0.29, 0.717) is 0 Å². The second-order valence-corrected chi connectivity index (χ2v) is 5.55. The summed E-state index contributed by atoms with van der Waals surface area (Å²) in [6.45, 7) is 0. The summed E-state index contributed by atoms with van der Waals surface area (Å²) >= 11 is 3.29. The smallest absolute Gasteiger partial charge is 0.193 e. The zero-order valence-corrected chi connectivity index (χ0v) is 12.0. The standard InChI is InChI=1S/C15H14OS2/c1-17-13-7-3-5-11(9-13)15(16)12-6-4-8-14(10-12)18-2/h3-10H,1-2H3. The summed E-state index contributed by atoms with van der Waals surface area (Å²) in [6.07, 6.45) is 4.02. The van der Waals surface area contributed by atoms with Crippen molar-refractivity contribution in [3.05, 3.63) is 59.7 Å². The Hall–Kier alpha value is -1.19. The summed E-state index contributed by atoms with van der Waals surface area (Å²) in [6, 6.07) is 15.5. The molecule has 0 fully saturated rings. The molecule has 2 rings (SSSR count). The van der Waals surface area contributed by atoms with E-state index in [0.717, 1.165) is 20.9 Å². The highest BCUT2D eigenvalue weighted by Gasteiger charge is 2.09. The molecule has 0 atom stereocenters. The molecule has 0 bridgehead atoms. The van der Waals surface area contributed by atoms with Crippen LogP contribution in [0.1, 0.15) is 15.9 Å². The lowest BCUT2D eigenvalue weighted by molar-refractivity contribution is 0.103. The predicted octanol–water partition coefficient (Wildman–Crippen LogP) is 4.36. The van der Waals surface area contributed by atoms with Crippen LogP contribution >= 0.6 is 23.5 Å². The molecule has 18 heavy (non-hydrogen) atoms. The maximum atomic E-state index is 12.4. The van der Waals surface area contributed by atoms with E-state index in [-0.39, 0.29) is 5.78 Å². The molecular formula is C15H14OS2. The van der Waals surface area contributed by atoms with Gasteiger partial charge in [-0.15, -0.1) is 23.5 Å². The van der Waals surface area contributed by atoms with Gasteiger partial charge in [0, 0.05) is 20.9 Å². The lowest BCUT2D eigenvalue weighted by atomic mass is 10.0. The largest absolute Gasteiger partial charge is 0.289 e. The van der Waals surface area contributed by atoms with Gasteiger partial charge in [0.2, 0.25) is 0 Å². The fraction of sp³-hybridized carbons (Fsp3) is 0.133. The molecule has 2 aromatic carbocycles. The van der Waals surface area contributed by atoms with E-state index in [2.05, 4.69) is 0 Å². The highest BCUT2D eigenvalue weighted by atomic mass is 32.2. The average Bonchev–Trinajstić information content (AvgIpc) is 2.46. The van der Waals surface area contributed by atoms with Crippen LogP contribution in [0.15, 0.2) is 58.3 Å². The lowest BCUT2D eigenvalue weighted by Crippen LogP contribution is -2.01. The summed E-state index contributed by atoms with van der Waals surface area (Å²) in [5.41, 5.74) is 1.50. The Morgan fingerprint density at radius 3 is 1.67 bits per heavy atom. The Bertz CT molecular complexity index is 514. The molecule has 0 aliphatic carbocycles. The van der Waals surface area contributed by atoms with Gasteiger partial charge in [-0.2, -0.15) is 0 Å². The number of thioether (sulfide) groups is 2. The van der Waals surface area contributed by atoms with Crippen LogP contribution in [0.3, 0.4) is 0 Å². The monoisotopic (exact) mass is 274 g/mol. The Morgan fingerprint density at radius 1 is 0.833 bits per heavy atom. The molecule has 0 spiro atoms. The predicted molar refractivity (Wildman–Crippen MR) is 79.9 cm³/mol. The number of hydrogen-bond donors (Lipinski definition) is 0. The second-order valence-electron chi connectivity index (χ2n) is 3.79. The number of ketones is 1. The third kappa shape index (κ3) is 2.98. The number of benzene rings is 2. The molecule has 0 N–H and O–H groups in total. The summed E-state index contributed by atoms with van der Waals surface area (Å²) < 4.78 is 0. The van der Waals surface area contributed by atoms with Crippen LogP contribution in [0, 0.1) is 0 Å². The minimum atomic E-state index is 0.0850. The highest BCUT2D eigenvalue weighted by molar-refractivity contribution is 7.98. The van der Waals surface area contributed by atoms with E-state index in [9.17, 15) is 4.79 Å². The van der Waals surface area contributed by atoms with Crippen molar-refractivity contribution in [1.29, 1.82) is 0 Å². The van der Waals surface area contributed by atoms with Crippen molar-refractivity contribution >= 4 is 29.3 Å². The van der Waals surface area contributed by atoms with Gasteiger partial charge in [-0.1, -0.05) is 24.3 Å². The van der Waals surface area contributed by atoms with E-state index in [1.165, 1.54) is 0 Å². The van der Waals surface area contributed by atoms with Gasteiger partial charge in [-0.3, -0.25) is 4.79 Å². The molecule has 0 unspecified atom stereocenters. The fourth-order valence-corrected chi connectivity index (χ4v) is 2.61. The number of carbonyl (C=O) groups is 1. The first kappa shape index (κ1) is 13.2. The van der Waals surface area contributed by atoms with Crippen LogP contribution in [0.2, 0.25) is 0 Å². The minimum absolute atomic E-state index is 0.0850. The van der Waals surface area contributed by atoms with E-state index < -0.39 is 0 Å². The quantitative estimate of drug-likeness (QED) is 0.609. The van der Waals surface area contributed by atoms with Gasteiger partial charge in [0.05, 0.1) is 0 Å². The maximum absolute atomic E-state index is 12.4. The summed E-state index contributed by atoms with van der Waals surface area (Å²) in [5.74, 6) is 0.0850. The third-order valence-electron chi connectivity index (χ3n) is 2.66. The summed E-state index contributed by atoms with van der Waals surface area (Å²) in [5, 5.41) is 0. The van der Waals surface area contributed by atoms with Crippen LogP contribution in [0.5, 0.6) is 0 Å². The molecular weight excluding hydrogens is 260 g/mol. The zero-order chi connectivity index (χ0) is 13.0. The molecule has 0 amide bonds. The van der Waals surface area contributed by atoms with Gasteiger partial charge < -0.3 is 0 Å². The molecule has 92 valence electrons. The molecule has 0 aliphatic heterocycles. The van der Waals surface area contributed by atoms with Gasteiger partial charge in [0.1, 0.15) is 0 Å². The van der Waals surface area contributed by atoms with Gasteiger partial charge in [-0.05, 0) is 36.8 Å². The molecule has 0 radical (unpaired) electrons. The highest BCUT2D eigenvalue weighted by Crippen LogP contribution is 2.21. The van der Waals surface area contributed by atoms with Gasteiger partial charge in [0.25, 0.3) is 0 Å². The van der Waals surface area contributed by atoms with E-state index in [1.54, 1.807) is 23.5 Å². The van der Waals surface area contributed by atoms with Crippen LogP contribution in [0.25, 0.3) is 0 Å². The summed E-state index contributed by atoms with van der Waals surface area (Å²) in [4.78, 5) is 14.6. The Morgan fingerprint density at radius 2 is 1.28 bits per heavy atom. The molecule has 2 aromatic rings. The van der Waals surface area contributed by atoms with Gasteiger partial charge in [0.15, 0.2) is 5.78 Å². The second kappa shape index (κ2) is 6.12. The third-order valence-corrected chi connectivity index (χ3v) is 4.11. The normalized spacial score (nSPS) is 10.3. The topological polar surface area (TPSA) is 17.1 Å². The molecule has 0 aliphatic rings. The van der Waals surface area contributed by atoms with E-state index >= 15 is 0 Å². The average molecular weight is 274 g/mol. The van der Waals surface area contributed by atoms with Crippen LogP contribution in [0.4, 0.5) is 0 Å². The minimum Gasteiger partial charge on any atom is -0.289 e. The van der Waals surface area contributed by atoms with Crippen LogP contribution < -0.4 is 0 Å². The van der Waals surface area contributed by atoms with Crippen molar-refractivity contribution in [3.63, 3.8) is 0 Å². The van der Waals surface area contributed by atoms with Crippen molar-refractivity contribution in [2.45, 2.75) is 9.79 Å². The molecule has 3 heteroatoms. The van der Waals surface area contributed by atoms with Crippen molar-refractivity contribution in [2.24, 2.45) is 0 Å². The van der Waals surface area contributed by atoms with Gasteiger partial charge in [-0.25, -0.2) is 0 Å². The molecule has 0 aromatic heterocycles. The number of carbonyl (C=O) groups excluding carboxylic acids is 1. The van der Waals surface area contributed by atoms with Crippen LogP contribution in [-0.2, 0) is 0 Å². The van der Waals surface area contributed by atoms with Crippen LogP contribution in [-0.4, -0.2) is 18.3 Å². The fourth-order valence-electron chi connectivity index (χ4n) is 1.70. The SMILES string of the molecule is CSc1cccc(C(=O)c2cccc(SC)c2)c1. The zero-order valence-electron chi connectivity index (χ0n) is 10.3. The first-order chi connectivity index (χ1) is 8.74. The molecule has 0 heterocycles. The Balaban J connectivity index is 2.34. The summed E-state index contributed by atoms with van der Waals surface area (Å²) in [7, 11) is 0. The first-order valence-corrected chi connectivity index (χ1v) is 8.02. The van der Waals surface area contributed by atoms with Crippen molar-refractivity contribution in [3.8, 4) is 0 Å². The lowest BCUT2D eigenvalue weighted by Gasteiger charge is -2.04. The van der Waals surface area contributed by atoms with E-state index in [4.69, 9.17) is 0 Å². The number of hydrogen-bond acceptors (Lipinski definition) is 3. The van der Waals surface area contributed by atoms with Crippen molar-refractivity contribution in [1.82, 2.24) is 0 Å². The number of rotatable bonds is 4. The first-order valence-electron chi connectivity index (χ1n) is 5.57. The Kier molecular flexibility index (Phi) is 4.50. The van der Waals surface area contributed by atoms with Crippen molar-refractivity contribution < 1.29 is 4.79 Å². The van der Waals surface area contributed by atoms with Crippen molar-refractivity contribution in [2.75, 3.05) is 12.5 Å². The molecule has 0 saturated carbocycles. The maximum Gasteiger partial charge on any atom is 0.193 e.